The smallest absolute Gasteiger partial charge is 0.184 e. The summed E-state index contributed by atoms with van der Waals surface area (Å²) in [6, 6.07) is 0. The Morgan fingerprint density at radius 1 is 1.09 bits per heavy atom. The van der Waals surface area contributed by atoms with Crippen molar-refractivity contribution in [1.82, 2.24) is 0 Å². The molecule has 0 unspecified atom stereocenters. The molecule has 5 atom stereocenters. The molecular formula is C15H32O6Si. The van der Waals surface area contributed by atoms with Gasteiger partial charge in [0.05, 0.1) is 6.61 Å². The molecule has 22 heavy (non-hydrogen) atoms. The zero-order valence-corrected chi connectivity index (χ0v) is 16.0. The van der Waals surface area contributed by atoms with Gasteiger partial charge in [0.2, 0.25) is 0 Å². The van der Waals surface area contributed by atoms with Gasteiger partial charge in [-0.05, 0) is 10.5 Å². The maximum Gasteiger partial charge on any atom is 0.184 e. The van der Waals surface area contributed by atoms with Gasteiger partial charge in [0.25, 0.3) is 0 Å². The maximum atomic E-state index is 10.1. The lowest BCUT2D eigenvalue weighted by atomic mass is 9.78. The zero-order valence-electron chi connectivity index (χ0n) is 14.6. The van der Waals surface area contributed by atoms with E-state index in [1.807, 2.05) is 0 Å². The maximum absolute atomic E-state index is 10.1. The predicted octanol–water partition coefficient (Wildman–Crippen LogP) is 0.175. The van der Waals surface area contributed by atoms with Crippen LogP contribution in [-0.2, 0) is 13.9 Å². The molecule has 0 bridgehead atoms. The summed E-state index contributed by atoms with van der Waals surface area (Å²) in [4.78, 5) is 0. The Balaban J connectivity index is 2.55. The Hall–Kier alpha value is -0.0231. The van der Waals surface area contributed by atoms with Gasteiger partial charge >= 0.3 is 0 Å². The van der Waals surface area contributed by atoms with Gasteiger partial charge < -0.3 is 29.2 Å². The van der Waals surface area contributed by atoms with Crippen LogP contribution in [0.15, 0.2) is 0 Å². The van der Waals surface area contributed by atoms with E-state index in [1.54, 1.807) is 0 Å². The van der Waals surface area contributed by atoms with Gasteiger partial charge in [0.1, 0.15) is 24.4 Å². The molecule has 0 aromatic heterocycles. The van der Waals surface area contributed by atoms with Crippen LogP contribution >= 0.6 is 0 Å². The molecule has 0 spiro atoms. The van der Waals surface area contributed by atoms with Gasteiger partial charge in [0, 0.05) is 7.11 Å². The van der Waals surface area contributed by atoms with Crippen LogP contribution in [0.5, 0.6) is 0 Å². The highest BCUT2D eigenvalue weighted by Crippen LogP contribution is 2.46. The fraction of sp³-hybridized carbons (Fsp3) is 1.00. The molecule has 1 saturated heterocycles. The van der Waals surface area contributed by atoms with Gasteiger partial charge in [-0.3, -0.25) is 0 Å². The summed E-state index contributed by atoms with van der Waals surface area (Å²) in [6.45, 7) is 11.2. The van der Waals surface area contributed by atoms with Crippen molar-refractivity contribution in [2.45, 2.75) is 76.8 Å². The van der Waals surface area contributed by atoms with Crippen LogP contribution in [0.2, 0.25) is 5.04 Å². The fourth-order valence-corrected chi connectivity index (χ4v) is 3.92. The summed E-state index contributed by atoms with van der Waals surface area (Å²) in [7, 11) is 0.472. The molecule has 1 aliphatic heterocycles. The molecule has 0 aromatic rings. The highest BCUT2D eigenvalue weighted by atomic mass is 28.2. The number of aliphatic hydroxyl groups is 3. The highest BCUT2D eigenvalue weighted by molar-refractivity contribution is 6.32. The van der Waals surface area contributed by atoms with Crippen LogP contribution in [-0.4, -0.2) is 69.5 Å². The van der Waals surface area contributed by atoms with Crippen molar-refractivity contribution in [2.24, 2.45) is 5.41 Å². The quantitative estimate of drug-likeness (QED) is 0.575. The van der Waals surface area contributed by atoms with Gasteiger partial charge in [-0.25, -0.2) is 0 Å². The van der Waals surface area contributed by atoms with Crippen molar-refractivity contribution < 1.29 is 29.2 Å². The third kappa shape index (κ3) is 4.28. The van der Waals surface area contributed by atoms with E-state index in [0.29, 0.717) is 0 Å². The van der Waals surface area contributed by atoms with Gasteiger partial charge in [-0.15, -0.1) is 0 Å². The van der Waals surface area contributed by atoms with Gasteiger partial charge in [0.15, 0.2) is 16.1 Å². The standard InChI is InChI=1S/C15H32O6Si/c1-7-14(2,3)15(4,5)22-20-8-9-10(16)11(17)12(19-6)13(18)21-9/h9-13,16-18H,7-8,22H2,1-6H3/t9-,10-,11+,12+,13+/m1/s1. The van der Waals surface area contributed by atoms with E-state index in [0.717, 1.165) is 6.42 Å². The fourth-order valence-electron chi connectivity index (χ4n) is 2.42. The minimum atomic E-state index is -1.27. The lowest BCUT2D eigenvalue weighted by Gasteiger charge is -2.42. The molecule has 6 nitrogen and oxygen atoms in total. The van der Waals surface area contributed by atoms with Gasteiger partial charge in [-0.1, -0.05) is 41.0 Å². The first-order valence-electron chi connectivity index (χ1n) is 7.87. The number of hydrogen-bond acceptors (Lipinski definition) is 6. The number of hydrogen-bond donors (Lipinski definition) is 3. The third-order valence-corrected chi connectivity index (χ3v) is 7.51. The lowest BCUT2D eigenvalue weighted by molar-refractivity contribution is -0.290. The molecule has 1 fully saturated rings. The Bertz CT molecular complexity index is 349. The van der Waals surface area contributed by atoms with Crippen LogP contribution in [0.3, 0.4) is 0 Å². The van der Waals surface area contributed by atoms with Crippen molar-refractivity contribution in [2.75, 3.05) is 13.7 Å². The van der Waals surface area contributed by atoms with Crippen LogP contribution in [0, 0.1) is 5.41 Å². The number of ether oxygens (including phenoxy) is 2. The van der Waals surface area contributed by atoms with E-state index in [9.17, 15) is 15.3 Å². The summed E-state index contributed by atoms with van der Waals surface area (Å²) in [5.41, 5.74) is 0.172. The average molecular weight is 337 g/mol. The number of rotatable bonds is 7. The summed E-state index contributed by atoms with van der Waals surface area (Å²) in [5, 5.41) is 29.9. The zero-order chi connectivity index (χ0) is 17.1. The van der Waals surface area contributed by atoms with Crippen LogP contribution < -0.4 is 0 Å². The van der Waals surface area contributed by atoms with Crippen molar-refractivity contribution >= 4 is 9.76 Å². The van der Waals surface area contributed by atoms with Crippen LogP contribution in [0.4, 0.5) is 0 Å². The highest BCUT2D eigenvalue weighted by Gasteiger charge is 2.44. The van der Waals surface area contributed by atoms with Crippen molar-refractivity contribution in [3.8, 4) is 0 Å². The molecule has 7 heteroatoms. The molecule has 0 saturated carbocycles. The molecule has 0 aromatic carbocycles. The number of methoxy groups -OCH3 is 1. The van der Waals surface area contributed by atoms with Crippen LogP contribution in [0.1, 0.15) is 41.0 Å². The van der Waals surface area contributed by atoms with Crippen molar-refractivity contribution in [1.29, 1.82) is 0 Å². The summed E-state index contributed by atoms with van der Waals surface area (Å²) in [6.07, 6.45) is -4.22. The molecule has 0 amide bonds. The van der Waals surface area contributed by atoms with Crippen molar-refractivity contribution in [3.05, 3.63) is 0 Å². The van der Waals surface area contributed by atoms with E-state index in [2.05, 4.69) is 34.6 Å². The largest absolute Gasteiger partial charge is 0.421 e. The van der Waals surface area contributed by atoms with Crippen LogP contribution in [0.25, 0.3) is 0 Å². The Morgan fingerprint density at radius 2 is 1.68 bits per heavy atom. The first-order valence-corrected chi connectivity index (χ1v) is 9.16. The molecule has 1 rings (SSSR count). The van der Waals surface area contributed by atoms with Crippen molar-refractivity contribution in [3.63, 3.8) is 0 Å². The normalized spacial score (nSPS) is 34.5. The van der Waals surface area contributed by atoms with E-state index < -0.39 is 40.5 Å². The average Bonchev–Trinajstić information content (AvgIpc) is 2.44. The first kappa shape index (κ1) is 20.0. The predicted molar refractivity (Wildman–Crippen MR) is 86.3 cm³/mol. The summed E-state index contributed by atoms with van der Waals surface area (Å²) in [5.74, 6) is 0. The molecule has 0 aliphatic carbocycles. The monoisotopic (exact) mass is 336 g/mol. The lowest BCUT2D eigenvalue weighted by Crippen LogP contribution is -2.59. The minimum Gasteiger partial charge on any atom is -0.421 e. The topological polar surface area (TPSA) is 88.4 Å². The molecule has 1 aliphatic rings. The molecule has 3 N–H and O–H groups in total. The molecule has 0 radical (unpaired) electrons. The molecular weight excluding hydrogens is 304 g/mol. The summed E-state index contributed by atoms with van der Waals surface area (Å²) >= 11 is 0. The number of aliphatic hydroxyl groups excluding tert-OH is 3. The van der Waals surface area contributed by atoms with E-state index in [4.69, 9.17) is 13.9 Å². The second kappa shape index (κ2) is 7.70. The molecule has 1 heterocycles. The minimum absolute atomic E-state index is 0.0909. The van der Waals surface area contributed by atoms with E-state index >= 15 is 0 Å². The first-order chi connectivity index (χ1) is 10.1. The second-order valence-electron chi connectivity index (χ2n) is 7.38. The third-order valence-electron chi connectivity index (χ3n) is 5.40. The van der Waals surface area contributed by atoms with E-state index in [1.165, 1.54) is 7.11 Å². The Labute approximate surface area is 135 Å². The van der Waals surface area contributed by atoms with E-state index in [-0.39, 0.29) is 17.1 Å². The molecule has 132 valence electrons. The SMILES string of the molecule is CCC(C)(C)C(C)(C)[SiH2]OC[C@H]1O[C@H](O)[C@@H](OC)[C@@H](O)[C@@H]1O. The van der Waals surface area contributed by atoms with Gasteiger partial charge in [-0.2, -0.15) is 0 Å². The Morgan fingerprint density at radius 3 is 2.18 bits per heavy atom. The Kier molecular flexibility index (Phi) is 7.01. The summed E-state index contributed by atoms with van der Waals surface area (Å²) < 4.78 is 16.1. The second-order valence-corrected chi connectivity index (χ2v) is 9.85.